The number of benzene rings is 1. The van der Waals surface area contributed by atoms with Crippen LogP contribution in [-0.4, -0.2) is 18.5 Å². The largest absolute Gasteiger partial charge is 0.369 e. The average Bonchev–Trinajstić information content (AvgIpc) is 2.42. The summed E-state index contributed by atoms with van der Waals surface area (Å²) in [5.74, 6) is 0.641. The zero-order chi connectivity index (χ0) is 10.3. The summed E-state index contributed by atoms with van der Waals surface area (Å²) < 4.78 is 5.24. The number of rotatable bonds is 1. The van der Waals surface area contributed by atoms with E-state index in [4.69, 9.17) is 4.74 Å². The molecule has 2 aliphatic rings. The molecule has 1 unspecified atom stereocenters. The Hall–Kier alpha value is -1.41. The fraction of sp³-hybridized carbons (Fsp3) is 0.308. The molecule has 1 saturated heterocycles. The van der Waals surface area contributed by atoms with Gasteiger partial charge >= 0.3 is 0 Å². The standard InChI is InChI=1S/C13H12O2/c14-12-10(7-11-8-15-13(11)12)6-9-4-2-1-3-5-9/h1-6,11,13H,7-8H2/b10-6+/t11?,13-/m1/s1. The normalized spacial score (nSPS) is 31.5. The fourth-order valence-electron chi connectivity index (χ4n) is 2.23. The number of carbonyl (C=O) groups excluding carboxylic acids is 1. The van der Waals surface area contributed by atoms with Crippen molar-refractivity contribution in [3.63, 3.8) is 0 Å². The molecule has 2 heteroatoms. The molecular weight excluding hydrogens is 188 g/mol. The van der Waals surface area contributed by atoms with Crippen LogP contribution in [0.5, 0.6) is 0 Å². The van der Waals surface area contributed by atoms with Crippen molar-refractivity contribution in [2.75, 3.05) is 6.61 Å². The van der Waals surface area contributed by atoms with Gasteiger partial charge in [-0.2, -0.15) is 0 Å². The van der Waals surface area contributed by atoms with Crippen LogP contribution in [-0.2, 0) is 9.53 Å². The van der Waals surface area contributed by atoms with Crippen LogP contribution in [0.3, 0.4) is 0 Å². The summed E-state index contributed by atoms with van der Waals surface area (Å²) in [6.07, 6.45) is 2.75. The molecule has 0 amide bonds. The van der Waals surface area contributed by atoms with Gasteiger partial charge in [-0.05, 0) is 23.6 Å². The van der Waals surface area contributed by atoms with Gasteiger partial charge in [0.05, 0.1) is 6.61 Å². The molecule has 0 radical (unpaired) electrons. The molecule has 1 aliphatic heterocycles. The highest BCUT2D eigenvalue weighted by atomic mass is 16.5. The monoisotopic (exact) mass is 200 g/mol. The molecular formula is C13H12O2. The maximum atomic E-state index is 11.8. The topological polar surface area (TPSA) is 26.3 Å². The predicted molar refractivity (Wildman–Crippen MR) is 57.3 cm³/mol. The molecule has 0 aromatic heterocycles. The number of hydrogen-bond acceptors (Lipinski definition) is 2. The summed E-state index contributed by atoms with van der Waals surface area (Å²) in [6.45, 7) is 0.753. The first kappa shape index (κ1) is 8.86. The van der Waals surface area contributed by atoms with Gasteiger partial charge < -0.3 is 4.74 Å². The van der Waals surface area contributed by atoms with Crippen LogP contribution in [0.2, 0.25) is 0 Å². The Morgan fingerprint density at radius 2 is 2.07 bits per heavy atom. The number of Topliss-reactive ketones (excluding diaryl/α,β-unsaturated/α-hetero) is 1. The molecule has 15 heavy (non-hydrogen) atoms. The minimum Gasteiger partial charge on any atom is -0.369 e. The molecule has 1 heterocycles. The molecule has 2 fully saturated rings. The molecule has 2 nitrogen and oxygen atoms in total. The van der Waals surface area contributed by atoms with Gasteiger partial charge in [-0.3, -0.25) is 4.79 Å². The summed E-state index contributed by atoms with van der Waals surface area (Å²) in [4.78, 5) is 11.8. The van der Waals surface area contributed by atoms with E-state index < -0.39 is 0 Å². The zero-order valence-corrected chi connectivity index (χ0v) is 8.35. The molecule has 3 rings (SSSR count). The van der Waals surface area contributed by atoms with E-state index in [0.717, 1.165) is 24.2 Å². The van der Waals surface area contributed by atoms with E-state index in [9.17, 15) is 4.79 Å². The number of ether oxygens (including phenoxy) is 1. The van der Waals surface area contributed by atoms with Crippen LogP contribution >= 0.6 is 0 Å². The van der Waals surface area contributed by atoms with Gasteiger partial charge in [-0.15, -0.1) is 0 Å². The van der Waals surface area contributed by atoms with Gasteiger partial charge in [0.25, 0.3) is 0 Å². The summed E-state index contributed by atoms with van der Waals surface area (Å²) in [7, 11) is 0. The van der Waals surface area contributed by atoms with Gasteiger partial charge in [0.2, 0.25) is 0 Å². The van der Waals surface area contributed by atoms with E-state index in [1.54, 1.807) is 0 Å². The number of hydrogen-bond donors (Lipinski definition) is 0. The third kappa shape index (κ3) is 1.41. The van der Waals surface area contributed by atoms with E-state index in [-0.39, 0.29) is 11.9 Å². The second-order valence-electron chi connectivity index (χ2n) is 4.16. The predicted octanol–water partition coefficient (Wildman–Crippen LogP) is 2.06. The van der Waals surface area contributed by atoms with E-state index in [2.05, 4.69) is 0 Å². The molecule has 1 aromatic rings. The van der Waals surface area contributed by atoms with Crippen molar-refractivity contribution in [1.29, 1.82) is 0 Å². The highest BCUT2D eigenvalue weighted by Crippen LogP contribution is 2.37. The van der Waals surface area contributed by atoms with Gasteiger partial charge in [-0.25, -0.2) is 0 Å². The molecule has 0 spiro atoms. The van der Waals surface area contributed by atoms with Crippen LogP contribution in [0, 0.1) is 5.92 Å². The Morgan fingerprint density at radius 3 is 2.60 bits per heavy atom. The van der Waals surface area contributed by atoms with E-state index in [0.29, 0.717) is 5.92 Å². The first-order valence-corrected chi connectivity index (χ1v) is 5.26. The van der Waals surface area contributed by atoms with Crippen LogP contribution < -0.4 is 0 Å². The first-order valence-electron chi connectivity index (χ1n) is 5.26. The Bertz CT molecular complexity index is 419. The maximum absolute atomic E-state index is 11.8. The van der Waals surface area contributed by atoms with E-state index in [1.165, 1.54) is 0 Å². The van der Waals surface area contributed by atoms with E-state index in [1.807, 2.05) is 36.4 Å². The number of ketones is 1. The molecule has 1 saturated carbocycles. The van der Waals surface area contributed by atoms with Gasteiger partial charge in [-0.1, -0.05) is 30.3 Å². The Labute approximate surface area is 88.6 Å². The smallest absolute Gasteiger partial charge is 0.187 e. The summed E-state index contributed by atoms with van der Waals surface area (Å²) in [6, 6.07) is 9.97. The minimum atomic E-state index is -0.125. The third-order valence-corrected chi connectivity index (χ3v) is 3.12. The quantitative estimate of drug-likeness (QED) is 0.648. The number of carbonyl (C=O) groups is 1. The molecule has 1 aromatic carbocycles. The molecule has 0 bridgehead atoms. The second kappa shape index (κ2) is 3.31. The van der Waals surface area contributed by atoms with Gasteiger partial charge in [0, 0.05) is 5.92 Å². The lowest BCUT2D eigenvalue weighted by molar-refractivity contribution is -0.144. The van der Waals surface area contributed by atoms with Crippen molar-refractivity contribution < 1.29 is 9.53 Å². The first-order chi connectivity index (χ1) is 7.34. The van der Waals surface area contributed by atoms with Crippen molar-refractivity contribution in [1.82, 2.24) is 0 Å². The summed E-state index contributed by atoms with van der Waals surface area (Å²) >= 11 is 0. The zero-order valence-electron chi connectivity index (χ0n) is 8.35. The maximum Gasteiger partial charge on any atom is 0.187 e. The minimum absolute atomic E-state index is 0.125. The van der Waals surface area contributed by atoms with Crippen molar-refractivity contribution in [2.45, 2.75) is 12.5 Å². The summed E-state index contributed by atoms with van der Waals surface area (Å²) in [5, 5.41) is 0. The highest BCUT2D eigenvalue weighted by Gasteiger charge is 2.45. The Morgan fingerprint density at radius 1 is 1.27 bits per heavy atom. The summed E-state index contributed by atoms with van der Waals surface area (Å²) in [5.41, 5.74) is 2.02. The molecule has 76 valence electrons. The lowest BCUT2D eigenvalue weighted by atomic mass is 10.0. The van der Waals surface area contributed by atoms with Crippen molar-refractivity contribution in [3.05, 3.63) is 41.5 Å². The van der Waals surface area contributed by atoms with Crippen LogP contribution in [0.25, 0.3) is 6.08 Å². The van der Waals surface area contributed by atoms with Gasteiger partial charge in [0.1, 0.15) is 6.10 Å². The van der Waals surface area contributed by atoms with Crippen molar-refractivity contribution >= 4 is 11.9 Å². The molecule has 0 N–H and O–H groups in total. The molecule has 1 aliphatic carbocycles. The average molecular weight is 200 g/mol. The number of fused-ring (bicyclic) bond motifs is 1. The Balaban J connectivity index is 1.89. The third-order valence-electron chi connectivity index (χ3n) is 3.12. The lowest BCUT2D eigenvalue weighted by Crippen LogP contribution is -2.39. The molecule has 2 atom stereocenters. The van der Waals surface area contributed by atoms with Gasteiger partial charge in [0.15, 0.2) is 5.78 Å². The SMILES string of the molecule is O=C1/C(=C/c2ccccc2)CC2CO[C@@H]12. The van der Waals surface area contributed by atoms with Crippen molar-refractivity contribution in [3.8, 4) is 0 Å². The van der Waals surface area contributed by atoms with Crippen LogP contribution in [0.4, 0.5) is 0 Å². The second-order valence-corrected chi connectivity index (χ2v) is 4.16. The van der Waals surface area contributed by atoms with E-state index >= 15 is 0 Å². The lowest BCUT2D eigenvalue weighted by Gasteiger charge is -2.28. The fourth-order valence-corrected chi connectivity index (χ4v) is 2.23. The van der Waals surface area contributed by atoms with Crippen LogP contribution in [0.15, 0.2) is 35.9 Å². The van der Waals surface area contributed by atoms with Crippen molar-refractivity contribution in [2.24, 2.45) is 5.92 Å². The van der Waals surface area contributed by atoms with Crippen LogP contribution in [0.1, 0.15) is 12.0 Å². The Kier molecular flexibility index (Phi) is 1.96. The highest BCUT2D eigenvalue weighted by molar-refractivity contribution is 6.05.